The Morgan fingerprint density at radius 1 is 0.900 bits per heavy atom. The highest BCUT2D eigenvalue weighted by Crippen LogP contribution is 2.27. The van der Waals surface area contributed by atoms with E-state index in [1.165, 1.54) is 24.0 Å². The summed E-state index contributed by atoms with van der Waals surface area (Å²) in [6.45, 7) is 0. The molecule has 1 N–H and O–H groups in total. The average Bonchev–Trinajstić information content (AvgIpc) is 2.94. The number of pyridine rings is 1. The Balaban J connectivity index is 1.92. The molecule has 4 rings (SSSR count). The average molecular weight is 261 g/mol. The lowest BCUT2D eigenvalue weighted by Gasteiger charge is -2.07. The molecule has 0 radical (unpaired) electrons. The van der Waals surface area contributed by atoms with Crippen LogP contribution in [0, 0.1) is 0 Å². The summed E-state index contributed by atoms with van der Waals surface area (Å²) in [6, 6.07) is 15.9. The summed E-state index contributed by atoms with van der Waals surface area (Å²) in [4.78, 5) is 15.6. The number of aromatic nitrogens is 1. The van der Waals surface area contributed by atoms with Crippen LogP contribution in [-0.4, -0.2) is 4.98 Å². The second-order valence-electron chi connectivity index (χ2n) is 5.43. The Hall–Kier alpha value is -2.35. The SMILES string of the molecule is O=c1cc(-c2ccc3c(c2)CCC3)[nH]c2ccccc12. The normalized spacial score (nSPS) is 13.6. The number of para-hydroxylation sites is 1. The molecular weight excluding hydrogens is 246 g/mol. The highest BCUT2D eigenvalue weighted by Gasteiger charge is 2.12. The first kappa shape index (κ1) is 11.5. The number of benzene rings is 2. The predicted molar refractivity (Wildman–Crippen MR) is 82.0 cm³/mol. The minimum Gasteiger partial charge on any atom is -0.354 e. The number of nitrogens with one attached hydrogen (secondary N) is 1. The molecule has 2 aromatic carbocycles. The van der Waals surface area contributed by atoms with Gasteiger partial charge in [-0.2, -0.15) is 0 Å². The summed E-state index contributed by atoms with van der Waals surface area (Å²) in [5.41, 5.74) is 5.87. The second-order valence-corrected chi connectivity index (χ2v) is 5.43. The van der Waals surface area contributed by atoms with Crippen LogP contribution in [0.5, 0.6) is 0 Å². The molecular formula is C18H15NO. The third kappa shape index (κ3) is 1.76. The molecule has 0 atom stereocenters. The first-order valence-corrected chi connectivity index (χ1v) is 7.05. The molecule has 2 nitrogen and oxygen atoms in total. The zero-order valence-corrected chi connectivity index (χ0v) is 11.1. The summed E-state index contributed by atoms with van der Waals surface area (Å²) in [5.74, 6) is 0. The molecule has 0 saturated heterocycles. The van der Waals surface area contributed by atoms with Gasteiger partial charge in [0, 0.05) is 22.7 Å². The Bertz CT molecular complexity index is 861. The maximum absolute atomic E-state index is 12.2. The zero-order valence-electron chi connectivity index (χ0n) is 11.1. The van der Waals surface area contributed by atoms with Gasteiger partial charge in [-0.3, -0.25) is 4.79 Å². The summed E-state index contributed by atoms with van der Waals surface area (Å²) >= 11 is 0. The van der Waals surface area contributed by atoms with Gasteiger partial charge in [0.15, 0.2) is 5.43 Å². The van der Waals surface area contributed by atoms with Crippen molar-refractivity contribution in [2.45, 2.75) is 19.3 Å². The first-order chi connectivity index (χ1) is 9.81. The van der Waals surface area contributed by atoms with Gasteiger partial charge in [0.2, 0.25) is 0 Å². The van der Waals surface area contributed by atoms with E-state index in [-0.39, 0.29) is 5.43 Å². The molecule has 0 spiro atoms. The van der Waals surface area contributed by atoms with Gasteiger partial charge in [-0.05, 0) is 54.2 Å². The van der Waals surface area contributed by atoms with Crippen molar-refractivity contribution in [3.8, 4) is 11.3 Å². The van der Waals surface area contributed by atoms with E-state index in [0.29, 0.717) is 0 Å². The van der Waals surface area contributed by atoms with Crippen molar-refractivity contribution in [1.29, 1.82) is 0 Å². The molecule has 1 heterocycles. The number of H-pyrrole nitrogens is 1. The van der Waals surface area contributed by atoms with Crippen molar-refractivity contribution in [2.24, 2.45) is 0 Å². The molecule has 0 unspecified atom stereocenters. The predicted octanol–water partition coefficient (Wildman–Crippen LogP) is 3.68. The van der Waals surface area contributed by atoms with E-state index < -0.39 is 0 Å². The van der Waals surface area contributed by atoms with E-state index in [9.17, 15) is 4.79 Å². The molecule has 98 valence electrons. The smallest absolute Gasteiger partial charge is 0.190 e. The van der Waals surface area contributed by atoms with Crippen LogP contribution in [0.25, 0.3) is 22.2 Å². The highest BCUT2D eigenvalue weighted by atomic mass is 16.1. The minimum absolute atomic E-state index is 0.0786. The number of aryl methyl sites for hydroxylation is 2. The molecule has 1 aromatic heterocycles. The van der Waals surface area contributed by atoms with Gasteiger partial charge >= 0.3 is 0 Å². The van der Waals surface area contributed by atoms with Gasteiger partial charge in [-0.1, -0.05) is 24.3 Å². The van der Waals surface area contributed by atoms with Gasteiger partial charge in [-0.25, -0.2) is 0 Å². The number of hydrogen-bond donors (Lipinski definition) is 1. The van der Waals surface area contributed by atoms with Crippen molar-refractivity contribution in [1.82, 2.24) is 4.98 Å². The largest absolute Gasteiger partial charge is 0.354 e. The number of hydrogen-bond acceptors (Lipinski definition) is 1. The molecule has 0 bridgehead atoms. The van der Waals surface area contributed by atoms with Crippen LogP contribution >= 0.6 is 0 Å². The van der Waals surface area contributed by atoms with Crippen LogP contribution in [-0.2, 0) is 12.8 Å². The zero-order chi connectivity index (χ0) is 13.5. The topological polar surface area (TPSA) is 32.9 Å². The molecule has 0 amide bonds. The van der Waals surface area contributed by atoms with Gasteiger partial charge < -0.3 is 4.98 Å². The van der Waals surface area contributed by atoms with E-state index in [4.69, 9.17) is 0 Å². The second kappa shape index (κ2) is 4.34. The lowest BCUT2D eigenvalue weighted by Crippen LogP contribution is -2.02. The van der Waals surface area contributed by atoms with E-state index in [2.05, 4.69) is 23.2 Å². The Kier molecular flexibility index (Phi) is 2.49. The Morgan fingerprint density at radius 2 is 1.75 bits per heavy atom. The molecule has 1 aliphatic carbocycles. The van der Waals surface area contributed by atoms with E-state index in [0.717, 1.165) is 28.6 Å². The molecule has 3 aromatic rings. The van der Waals surface area contributed by atoms with Gasteiger partial charge in [-0.15, -0.1) is 0 Å². The van der Waals surface area contributed by atoms with Crippen LogP contribution in [0.3, 0.4) is 0 Å². The highest BCUT2D eigenvalue weighted by molar-refractivity contribution is 5.81. The van der Waals surface area contributed by atoms with Crippen LogP contribution in [0.4, 0.5) is 0 Å². The van der Waals surface area contributed by atoms with Gasteiger partial charge in [0.1, 0.15) is 0 Å². The van der Waals surface area contributed by atoms with Crippen LogP contribution in [0.15, 0.2) is 53.3 Å². The maximum Gasteiger partial charge on any atom is 0.190 e. The quantitative estimate of drug-likeness (QED) is 0.712. The summed E-state index contributed by atoms with van der Waals surface area (Å²) in [5, 5.41) is 0.748. The van der Waals surface area contributed by atoms with Crippen molar-refractivity contribution in [2.75, 3.05) is 0 Å². The van der Waals surface area contributed by atoms with E-state index in [1.54, 1.807) is 6.07 Å². The summed E-state index contributed by atoms with van der Waals surface area (Å²) < 4.78 is 0. The minimum atomic E-state index is 0.0786. The monoisotopic (exact) mass is 261 g/mol. The molecule has 0 aliphatic heterocycles. The molecule has 2 heteroatoms. The molecule has 20 heavy (non-hydrogen) atoms. The lowest BCUT2D eigenvalue weighted by atomic mass is 10.0. The van der Waals surface area contributed by atoms with Crippen LogP contribution in [0.1, 0.15) is 17.5 Å². The third-order valence-corrected chi connectivity index (χ3v) is 4.15. The molecule has 0 fully saturated rings. The molecule has 0 saturated carbocycles. The number of aromatic amines is 1. The van der Waals surface area contributed by atoms with Crippen LogP contribution < -0.4 is 5.43 Å². The maximum atomic E-state index is 12.2. The summed E-state index contributed by atoms with van der Waals surface area (Å²) in [7, 11) is 0. The van der Waals surface area contributed by atoms with E-state index >= 15 is 0 Å². The van der Waals surface area contributed by atoms with Crippen molar-refractivity contribution < 1.29 is 0 Å². The fraction of sp³-hybridized carbons (Fsp3) is 0.167. The van der Waals surface area contributed by atoms with Crippen LogP contribution in [0.2, 0.25) is 0 Å². The van der Waals surface area contributed by atoms with Crippen molar-refractivity contribution in [3.63, 3.8) is 0 Å². The fourth-order valence-corrected chi connectivity index (χ4v) is 3.09. The lowest BCUT2D eigenvalue weighted by molar-refractivity contribution is 0.912. The third-order valence-electron chi connectivity index (χ3n) is 4.15. The van der Waals surface area contributed by atoms with E-state index in [1.807, 2.05) is 24.3 Å². The van der Waals surface area contributed by atoms with Gasteiger partial charge in [0.25, 0.3) is 0 Å². The number of rotatable bonds is 1. The summed E-state index contributed by atoms with van der Waals surface area (Å²) in [6.07, 6.45) is 3.58. The Labute approximate surface area is 117 Å². The van der Waals surface area contributed by atoms with Crippen molar-refractivity contribution >= 4 is 10.9 Å². The molecule has 1 aliphatic rings. The van der Waals surface area contributed by atoms with Crippen molar-refractivity contribution in [3.05, 3.63) is 69.9 Å². The Morgan fingerprint density at radius 3 is 2.70 bits per heavy atom. The first-order valence-electron chi connectivity index (χ1n) is 7.05. The standard InChI is InChI=1S/C18H15NO/c20-18-11-17(19-16-7-2-1-6-15(16)18)14-9-8-12-4-3-5-13(12)10-14/h1-2,6-11H,3-5H2,(H,19,20). The number of fused-ring (bicyclic) bond motifs is 2. The van der Waals surface area contributed by atoms with Gasteiger partial charge in [0.05, 0.1) is 0 Å². The fourth-order valence-electron chi connectivity index (χ4n) is 3.09.